The first kappa shape index (κ1) is 34.1. The summed E-state index contributed by atoms with van der Waals surface area (Å²) in [6.07, 6.45) is 3.49. The molecule has 2 atom stereocenters. The number of nitrogens with two attached hydrogens (primary N) is 1. The summed E-state index contributed by atoms with van der Waals surface area (Å²) < 4.78 is 32.1. The molecule has 0 saturated carbocycles. The summed E-state index contributed by atoms with van der Waals surface area (Å²) in [6, 6.07) is 13.7. The molecule has 9 nitrogen and oxygen atoms in total. The molecule has 11 heteroatoms. The van der Waals surface area contributed by atoms with Gasteiger partial charge in [-0.05, 0) is 67.3 Å². The van der Waals surface area contributed by atoms with Crippen molar-refractivity contribution in [2.24, 2.45) is 11.7 Å². The van der Waals surface area contributed by atoms with Crippen molar-refractivity contribution in [1.29, 1.82) is 0 Å². The fraction of sp³-hybridized carbons (Fsp3) is 0.545. The molecule has 2 aliphatic rings. The molecule has 2 N–H and O–H groups in total. The number of hydrogen-bond donors (Lipinski definition) is 1. The summed E-state index contributed by atoms with van der Waals surface area (Å²) in [5.74, 6) is -2.07. The zero-order valence-corrected chi connectivity index (χ0v) is 27.0. The molecule has 2 aromatic rings. The Hall–Kier alpha value is -2.79. The molecule has 44 heavy (non-hydrogen) atoms. The van der Waals surface area contributed by atoms with Gasteiger partial charge in [0.2, 0.25) is 11.8 Å². The van der Waals surface area contributed by atoms with Crippen LogP contribution in [0.3, 0.4) is 0 Å². The molecule has 2 saturated heterocycles. The number of halogens is 1. The van der Waals surface area contributed by atoms with E-state index in [9.17, 15) is 22.8 Å². The average Bonchev–Trinajstić information content (AvgIpc) is 3.52. The van der Waals surface area contributed by atoms with Crippen molar-refractivity contribution < 1.29 is 27.5 Å². The molecule has 0 aromatic heterocycles. The molecular formula is C33H44ClN3O6S. The van der Waals surface area contributed by atoms with Crippen LogP contribution in [0.4, 0.5) is 0 Å². The number of aryl methyl sites for hydroxylation is 1. The summed E-state index contributed by atoms with van der Waals surface area (Å²) in [6.45, 7) is 1.90. The summed E-state index contributed by atoms with van der Waals surface area (Å²) in [5.41, 5.74) is 8.33. The van der Waals surface area contributed by atoms with Crippen molar-refractivity contribution in [1.82, 2.24) is 9.80 Å². The van der Waals surface area contributed by atoms with Gasteiger partial charge in [0.25, 0.3) is 0 Å². The molecule has 240 valence electrons. The van der Waals surface area contributed by atoms with Crippen LogP contribution >= 0.6 is 11.6 Å². The lowest BCUT2D eigenvalue weighted by atomic mass is 9.97. The van der Waals surface area contributed by atoms with Gasteiger partial charge in [0.1, 0.15) is 0 Å². The normalized spacial score (nSPS) is 18.2. The van der Waals surface area contributed by atoms with Crippen molar-refractivity contribution in [2.75, 3.05) is 32.6 Å². The van der Waals surface area contributed by atoms with Gasteiger partial charge in [-0.2, -0.15) is 0 Å². The molecule has 0 aliphatic carbocycles. The van der Waals surface area contributed by atoms with Gasteiger partial charge >= 0.3 is 0 Å². The zero-order chi connectivity index (χ0) is 31.7. The number of hydrogen-bond acceptors (Lipinski definition) is 7. The van der Waals surface area contributed by atoms with Crippen molar-refractivity contribution in [3.63, 3.8) is 0 Å². The van der Waals surface area contributed by atoms with Crippen LogP contribution in [-0.2, 0) is 47.7 Å². The van der Waals surface area contributed by atoms with E-state index in [1.165, 1.54) is 0 Å². The van der Waals surface area contributed by atoms with Crippen LogP contribution in [0.25, 0.3) is 0 Å². The minimum absolute atomic E-state index is 0.0498. The second kappa shape index (κ2) is 16.0. The Labute approximate surface area is 266 Å². The number of benzene rings is 2. The Morgan fingerprint density at radius 2 is 1.77 bits per heavy atom. The number of ketones is 1. The molecule has 0 bridgehead atoms. The van der Waals surface area contributed by atoms with Gasteiger partial charge in [0.05, 0.1) is 23.5 Å². The first-order valence-corrected chi connectivity index (χ1v) is 17.7. The van der Waals surface area contributed by atoms with Crippen LogP contribution in [0.2, 0.25) is 5.02 Å². The van der Waals surface area contributed by atoms with E-state index >= 15 is 0 Å². The number of Topliss-reactive ketones (excluding diaryl/α,β-unsaturated/α-hetero) is 1. The predicted octanol–water partition coefficient (Wildman–Crippen LogP) is 3.94. The summed E-state index contributed by atoms with van der Waals surface area (Å²) in [7, 11) is -1.93. The highest BCUT2D eigenvalue weighted by molar-refractivity contribution is 7.90. The predicted molar refractivity (Wildman–Crippen MR) is 171 cm³/mol. The van der Waals surface area contributed by atoms with Crippen LogP contribution in [0.1, 0.15) is 61.6 Å². The number of nitrogens with zero attached hydrogens (tertiary/aromatic N) is 2. The highest BCUT2D eigenvalue weighted by Crippen LogP contribution is 2.27. The fourth-order valence-electron chi connectivity index (χ4n) is 6.27. The average molecular weight is 646 g/mol. The highest BCUT2D eigenvalue weighted by Gasteiger charge is 2.38. The largest absolute Gasteiger partial charge is 0.381 e. The van der Waals surface area contributed by atoms with E-state index in [2.05, 4.69) is 0 Å². The number of amides is 2. The van der Waals surface area contributed by atoms with Gasteiger partial charge in [-0.25, -0.2) is 8.42 Å². The number of likely N-dealkylation sites (tertiary alicyclic amines) is 1. The monoisotopic (exact) mass is 645 g/mol. The first-order valence-electron chi connectivity index (χ1n) is 15.5. The molecule has 2 amide bonds. The Morgan fingerprint density at radius 1 is 1.05 bits per heavy atom. The Balaban J connectivity index is 1.47. The van der Waals surface area contributed by atoms with Gasteiger partial charge in [0, 0.05) is 57.3 Å². The molecule has 0 radical (unpaired) electrons. The van der Waals surface area contributed by atoms with Gasteiger partial charge in [-0.3, -0.25) is 14.4 Å². The molecule has 2 heterocycles. The lowest BCUT2D eigenvalue weighted by molar-refractivity contribution is -0.141. The molecule has 4 rings (SSSR count). The maximum absolute atomic E-state index is 14.0. The quantitative estimate of drug-likeness (QED) is 0.330. The number of carbonyl (C=O) groups excluding carboxylic acids is 3. The summed E-state index contributed by atoms with van der Waals surface area (Å²) in [5, 5.41) is 0.568. The van der Waals surface area contributed by atoms with E-state index in [0.29, 0.717) is 56.2 Å². The second-order valence-corrected chi connectivity index (χ2v) is 14.4. The lowest BCUT2D eigenvalue weighted by Crippen LogP contribution is -2.46. The summed E-state index contributed by atoms with van der Waals surface area (Å²) in [4.78, 5) is 43.9. The minimum atomic E-state index is -3.69. The third-order valence-electron chi connectivity index (χ3n) is 8.81. The Kier molecular flexibility index (Phi) is 12.4. The maximum atomic E-state index is 14.0. The van der Waals surface area contributed by atoms with Crippen LogP contribution in [-0.4, -0.2) is 80.5 Å². The van der Waals surface area contributed by atoms with E-state index in [1.54, 1.807) is 47.2 Å². The standard InChI is InChI=1S/C33H44ClN3O6S/c1-36(29-15-18-43-19-16-29)32(39)14-11-27(23-44(41,42)22-24-6-3-2-4-7-24)33(40)37-17-5-8-30(37)31(38)13-10-25-20-28(34)12-9-26(25)21-35/h2-4,6-7,9,12,20,27,29-30H,5,8,10-11,13-19,21-23,35H2,1H3/t27-,30-/m0/s1. The number of sulfone groups is 1. The fourth-order valence-corrected chi connectivity index (χ4v) is 8.21. The second-order valence-electron chi connectivity index (χ2n) is 11.9. The summed E-state index contributed by atoms with van der Waals surface area (Å²) >= 11 is 6.17. The van der Waals surface area contributed by atoms with Crippen molar-refractivity contribution in [3.8, 4) is 0 Å². The van der Waals surface area contributed by atoms with Crippen LogP contribution in [0.15, 0.2) is 48.5 Å². The van der Waals surface area contributed by atoms with Crippen molar-refractivity contribution in [2.45, 2.75) is 75.7 Å². The van der Waals surface area contributed by atoms with Crippen molar-refractivity contribution in [3.05, 3.63) is 70.2 Å². The smallest absolute Gasteiger partial charge is 0.227 e. The third-order valence-corrected chi connectivity index (χ3v) is 10.7. The van der Waals surface area contributed by atoms with Crippen LogP contribution in [0, 0.1) is 5.92 Å². The molecule has 2 aromatic carbocycles. The molecular weight excluding hydrogens is 602 g/mol. The van der Waals surface area contributed by atoms with Crippen LogP contribution in [0.5, 0.6) is 0 Å². The van der Waals surface area contributed by atoms with E-state index < -0.39 is 21.8 Å². The SMILES string of the molecule is CN(C(=O)CC[C@@H](CS(=O)(=O)Cc1ccccc1)C(=O)N1CCC[C@H]1C(=O)CCc1cc(Cl)ccc1CN)C1CCOCC1. The van der Waals surface area contributed by atoms with Gasteiger partial charge in [-0.15, -0.1) is 0 Å². The number of carbonyl (C=O) groups is 3. The van der Waals surface area contributed by atoms with Gasteiger partial charge in [0.15, 0.2) is 15.6 Å². The van der Waals surface area contributed by atoms with E-state index in [-0.39, 0.29) is 54.4 Å². The van der Waals surface area contributed by atoms with Crippen LogP contribution < -0.4 is 5.73 Å². The third kappa shape index (κ3) is 9.36. The maximum Gasteiger partial charge on any atom is 0.227 e. The molecule has 2 aliphatic heterocycles. The zero-order valence-electron chi connectivity index (χ0n) is 25.5. The Bertz CT molecular complexity index is 1400. The van der Waals surface area contributed by atoms with E-state index in [4.69, 9.17) is 22.1 Å². The molecule has 0 spiro atoms. The topological polar surface area (TPSA) is 127 Å². The van der Waals surface area contributed by atoms with E-state index in [0.717, 1.165) is 24.0 Å². The first-order chi connectivity index (χ1) is 21.1. The minimum Gasteiger partial charge on any atom is -0.381 e. The number of ether oxygens (including phenoxy) is 1. The number of rotatable bonds is 14. The molecule has 0 unspecified atom stereocenters. The van der Waals surface area contributed by atoms with Crippen molar-refractivity contribution >= 4 is 39.0 Å². The highest BCUT2D eigenvalue weighted by atomic mass is 35.5. The van der Waals surface area contributed by atoms with E-state index in [1.807, 2.05) is 18.2 Å². The van der Waals surface area contributed by atoms with Gasteiger partial charge in [-0.1, -0.05) is 48.0 Å². The van der Waals surface area contributed by atoms with Gasteiger partial charge < -0.3 is 20.3 Å². The lowest BCUT2D eigenvalue weighted by Gasteiger charge is -2.32. The molecule has 2 fully saturated rings. The Morgan fingerprint density at radius 3 is 2.48 bits per heavy atom.